The number of aryl methyl sites for hydroxylation is 3. The Morgan fingerprint density at radius 3 is 2.35 bits per heavy atom. The summed E-state index contributed by atoms with van der Waals surface area (Å²) in [6, 6.07) is 7.88. The van der Waals surface area contributed by atoms with E-state index in [0.29, 0.717) is 12.0 Å². The smallest absolute Gasteiger partial charge is 0.170 e. The minimum Gasteiger partial charge on any atom is -0.469 e. The summed E-state index contributed by atoms with van der Waals surface area (Å²) in [5.41, 5.74) is 4.11. The zero-order chi connectivity index (χ0) is 12.4. The highest BCUT2D eigenvalue weighted by Gasteiger charge is 2.12. The Kier molecular flexibility index (Phi) is 3.14. The first kappa shape index (κ1) is 11.6. The number of furan rings is 1. The van der Waals surface area contributed by atoms with Crippen molar-refractivity contribution in [3.05, 3.63) is 58.5 Å². The topological polar surface area (TPSA) is 30.2 Å². The SMILES string of the molecule is Cc1cc(C(=O)Cc2c(C)cccc2C)co1. The standard InChI is InChI=1S/C15H16O2/c1-10-5-4-6-11(2)14(10)8-15(16)13-7-12(3)17-9-13/h4-7,9H,8H2,1-3H3. The zero-order valence-electron chi connectivity index (χ0n) is 10.4. The third-order valence-corrected chi connectivity index (χ3v) is 3.03. The van der Waals surface area contributed by atoms with Gasteiger partial charge in [0.05, 0.1) is 5.56 Å². The second-order valence-electron chi connectivity index (χ2n) is 4.42. The fourth-order valence-corrected chi connectivity index (χ4v) is 1.98. The third kappa shape index (κ3) is 2.47. The van der Waals surface area contributed by atoms with Crippen LogP contribution in [0.25, 0.3) is 0 Å². The van der Waals surface area contributed by atoms with Crippen LogP contribution in [-0.2, 0) is 6.42 Å². The molecule has 0 bridgehead atoms. The summed E-state index contributed by atoms with van der Waals surface area (Å²) < 4.78 is 5.16. The van der Waals surface area contributed by atoms with Gasteiger partial charge >= 0.3 is 0 Å². The van der Waals surface area contributed by atoms with E-state index in [0.717, 1.165) is 11.3 Å². The van der Waals surface area contributed by atoms with Crippen molar-refractivity contribution in [3.8, 4) is 0 Å². The number of ketones is 1. The molecule has 0 amide bonds. The minimum absolute atomic E-state index is 0.110. The molecule has 0 aliphatic heterocycles. The number of carbonyl (C=O) groups excluding carboxylic acids is 1. The maximum Gasteiger partial charge on any atom is 0.170 e. The highest BCUT2D eigenvalue weighted by atomic mass is 16.3. The molecule has 1 heterocycles. The molecule has 17 heavy (non-hydrogen) atoms. The molecule has 0 N–H and O–H groups in total. The molecule has 2 rings (SSSR count). The van der Waals surface area contributed by atoms with E-state index in [4.69, 9.17) is 4.42 Å². The van der Waals surface area contributed by atoms with E-state index in [-0.39, 0.29) is 5.78 Å². The number of rotatable bonds is 3. The van der Waals surface area contributed by atoms with Crippen molar-refractivity contribution >= 4 is 5.78 Å². The highest BCUT2D eigenvalue weighted by Crippen LogP contribution is 2.17. The molecule has 2 heteroatoms. The first-order valence-corrected chi connectivity index (χ1v) is 5.71. The molecule has 1 aromatic carbocycles. The lowest BCUT2D eigenvalue weighted by Gasteiger charge is -2.07. The van der Waals surface area contributed by atoms with Crippen molar-refractivity contribution in [1.29, 1.82) is 0 Å². The predicted molar refractivity (Wildman–Crippen MR) is 67.4 cm³/mol. The van der Waals surface area contributed by atoms with E-state index in [9.17, 15) is 4.79 Å². The van der Waals surface area contributed by atoms with E-state index >= 15 is 0 Å². The summed E-state index contributed by atoms with van der Waals surface area (Å²) in [4.78, 5) is 12.1. The lowest BCUT2D eigenvalue weighted by atomic mass is 9.96. The Labute approximate surface area is 101 Å². The van der Waals surface area contributed by atoms with Crippen LogP contribution in [0, 0.1) is 20.8 Å². The molecule has 0 aliphatic rings. The molecule has 0 aliphatic carbocycles. The van der Waals surface area contributed by atoms with Crippen LogP contribution in [0.15, 0.2) is 34.9 Å². The normalized spacial score (nSPS) is 10.5. The van der Waals surface area contributed by atoms with Crippen LogP contribution in [0.3, 0.4) is 0 Å². The van der Waals surface area contributed by atoms with Gasteiger partial charge in [0, 0.05) is 6.42 Å². The molecular weight excluding hydrogens is 212 g/mol. The molecule has 88 valence electrons. The van der Waals surface area contributed by atoms with Gasteiger partial charge in [0.15, 0.2) is 5.78 Å². The van der Waals surface area contributed by atoms with Gasteiger partial charge in [-0.05, 0) is 43.5 Å². The van der Waals surface area contributed by atoms with Crippen molar-refractivity contribution in [3.63, 3.8) is 0 Å². The summed E-state index contributed by atoms with van der Waals surface area (Å²) in [6.45, 7) is 5.92. The van der Waals surface area contributed by atoms with Gasteiger partial charge in [0.25, 0.3) is 0 Å². The van der Waals surface area contributed by atoms with Crippen molar-refractivity contribution in [2.75, 3.05) is 0 Å². The third-order valence-electron chi connectivity index (χ3n) is 3.03. The Bertz CT molecular complexity index is 530. The van der Waals surface area contributed by atoms with E-state index in [2.05, 4.69) is 0 Å². The van der Waals surface area contributed by atoms with E-state index < -0.39 is 0 Å². The number of hydrogen-bond donors (Lipinski definition) is 0. The van der Waals surface area contributed by atoms with E-state index in [1.165, 1.54) is 17.4 Å². The maximum absolute atomic E-state index is 12.1. The van der Waals surface area contributed by atoms with E-state index in [1.54, 1.807) is 6.07 Å². The van der Waals surface area contributed by atoms with Gasteiger partial charge in [0.2, 0.25) is 0 Å². The second-order valence-corrected chi connectivity index (χ2v) is 4.42. The quantitative estimate of drug-likeness (QED) is 0.751. The predicted octanol–water partition coefficient (Wildman–Crippen LogP) is 3.63. The van der Waals surface area contributed by atoms with Crippen LogP contribution in [0.4, 0.5) is 0 Å². The zero-order valence-corrected chi connectivity index (χ0v) is 10.4. The number of carbonyl (C=O) groups is 1. The number of Topliss-reactive ketones (excluding diaryl/α,β-unsaturated/α-hetero) is 1. The monoisotopic (exact) mass is 228 g/mol. The molecule has 0 fully saturated rings. The fraction of sp³-hybridized carbons (Fsp3) is 0.267. The fourth-order valence-electron chi connectivity index (χ4n) is 1.98. The van der Waals surface area contributed by atoms with Gasteiger partial charge in [-0.1, -0.05) is 18.2 Å². The summed E-state index contributed by atoms with van der Waals surface area (Å²) in [5.74, 6) is 0.883. The van der Waals surface area contributed by atoms with Crippen molar-refractivity contribution in [2.24, 2.45) is 0 Å². The average molecular weight is 228 g/mol. The molecule has 2 nitrogen and oxygen atoms in total. The Morgan fingerprint density at radius 2 is 1.82 bits per heavy atom. The Hall–Kier alpha value is -1.83. The van der Waals surface area contributed by atoms with Gasteiger partial charge in [-0.15, -0.1) is 0 Å². The Balaban J connectivity index is 2.24. The van der Waals surface area contributed by atoms with Gasteiger partial charge < -0.3 is 4.42 Å². The van der Waals surface area contributed by atoms with Gasteiger partial charge in [0.1, 0.15) is 12.0 Å². The minimum atomic E-state index is 0.110. The largest absolute Gasteiger partial charge is 0.469 e. The molecular formula is C15H16O2. The molecule has 1 aromatic heterocycles. The molecule has 0 saturated carbocycles. The maximum atomic E-state index is 12.1. The van der Waals surface area contributed by atoms with Gasteiger partial charge in [-0.3, -0.25) is 4.79 Å². The first-order valence-electron chi connectivity index (χ1n) is 5.71. The highest BCUT2D eigenvalue weighted by molar-refractivity contribution is 5.97. The van der Waals surface area contributed by atoms with Crippen LogP contribution in [-0.4, -0.2) is 5.78 Å². The second kappa shape index (κ2) is 4.58. The van der Waals surface area contributed by atoms with Crippen molar-refractivity contribution in [2.45, 2.75) is 27.2 Å². The molecule has 0 radical (unpaired) electrons. The summed E-state index contributed by atoms with van der Waals surface area (Å²) >= 11 is 0. The van der Waals surface area contributed by atoms with Crippen molar-refractivity contribution in [1.82, 2.24) is 0 Å². The van der Waals surface area contributed by atoms with E-state index in [1.807, 2.05) is 39.0 Å². The van der Waals surface area contributed by atoms with Crippen LogP contribution < -0.4 is 0 Å². The summed E-state index contributed by atoms with van der Waals surface area (Å²) in [6.07, 6.45) is 1.97. The average Bonchev–Trinajstić information content (AvgIpc) is 2.70. The lowest BCUT2D eigenvalue weighted by Crippen LogP contribution is -2.05. The molecule has 0 saturated heterocycles. The summed E-state index contributed by atoms with van der Waals surface area (Å²) in [5, 5.41) is 0. The number of benzene rings is 1. The first-order chi connectivity index (χ1) is 8.08. The molecule has 0 atom stereocenters. The van der Waals surface area contributed by atoms with Crippen LogP contribution in [0.5, 0.6) is 0 Å². The van der Waals surface area contributed by atoms with Gasteiger partial charge in [-0.2, -0.15) is 0 Å². The Morgan fingerprint density at radius 1 is 1.18 bits per heavy atom. The van der Waals surface area contributed by atoms with Crippen LogP contribution >= 0.6 is 0 Å². The van der Waals surface area contributed by atoms with Crippen LogP contribution in [0.2, 0.25) is 0 Å². The molecule has 0 unspecified atom stereocenters. The lowest BCUT2D eigenvalue weighted by molar-refractivity contribution is 0.0992. The molecule has 0 spiro atoms. The molecule has 2 aromatic rings. The van der Waals surface area contributed by atoms with Crippen molar-refractivity contribution < 1.29 is 9.21 Å². The summed E-state index contributed by atoms with van der Waals surface area (Å²) in [7, 11) is 0. The van der Waals surface area contributed by atoms with Gasteiger partial charge in [-0.25, -0.2) is 0 Å². The van der Waals surface area contributed by atoms with Crippen LogP contribution in [0.1, 0.15) is 32.8 Å². The number of hydrogen-bond acceptors (Lipinski definition) is 2.